The number of hydrogen-bond donors (Lipinski definition) is 3. The Kier molecular flexibility index (Phi) is 5.53. The average Bonchev–Trinajstić information content (AvgIpc) is 3.07. The van der Waals surface area contributed by atoms with Gasteiger partial charge in [0.2, 0.25) is 0 Å². The second-order valence-corrected chi connectivity index (χ2v) is 7.63. The van der Waals surface area contributed by atoms with Crippen molar-refractivity contribution in [3.05, 3.63) is 108 Å². The van der Waals surface area contributed by atoms with Crippen LogP contribution in [0.5, 0.6) is 0 Å². The van der Waals surface area contributed by atoms with Crippen molar-refractivity contribution in [2.75, 3.05) is 6.61 Å². The molecule has 3 aromatic carbocycles. The van der Waals surface area contributed by atoms with Crippen LogP contribution in [0.25, 0.3) is 11.1 Å². The molecule has 0 bridgehead atoms. The van der Waals surface area contributed by atoms with Crippen LogP contribution in [-0.2, 0) is 10.3 Å². The van der Waals surface area contributed by atoms with Gasteiger partial charge in [-0.05, 0) is 34.2 Å². The van der Waals surface area contributed by atoms with Crippen molar-refractivity contribution in [2.24, 2.45) is 5.92 Å². The lowest BCUT2D eigenvalue weighted by Gasteiger charge is -2.38. The Morgan fingerprint density at radius 3 is 1.97 bits per heavy atom. The van der Waals surface area contributed by atoms with Gasteiger partial charge in [0.15, 0.2) is 0 Å². The molecule has 0 saturated heterocycles. The third kappa shape index (κ3) is 3.15. The van der Waals surface area contributed by atoms with E-state index in [9.17, 15) is 15.0 Å². The molecule has 2 unspecified atom stereocenters. The summed E-state index contributed by atoms with van der Waals surface area (Å²) in [4.78, 5) is 12.4. The Bertz CT molecular complexity index is 1020. The summed E-state index contributed by atoms with van der Waals surface area (Å²) in [5.41, 5.74) is 4.31. The molecule has 30 heavy (non-hydrogen) atoms. The Balaban J connectivity index is 1.98. The van der Waals surface area contributed by atoms with Gasteiger partial charge in [0.05, 0.1) is 5.54 Å². The molecule has 4 nitrogen and oxygen atoms in total. The van der Waals surface area contributed by atoms with Crippen molar-refractivity contribution in [1.82, 2.24) is 5.32 Å². The van der Waals surface area contributed by atoms with Gasteiger partial charge >= 0.3 is 5.97 Å². The summed E-state index contributed by atoms with van der Waals surface area (Å²) in [5, 5.41) is 23.5. The molecule has 3 aromatic rings. The van der Waals surface area contributed by atoms with Gasteiger partial charge in [0, 0.05) is 12.5 Å². The van der Waals surface area contributed by atoms with E-state index in [1.54, 1.807) is 6.08 Å². The summed E-state index contributed by atoms with van der Waals surface area (Å²) in [6.07, 6.45) is 2.05. The van der Waals surface area contributed by atoms with Crippen LogP contribution in [0.4, 0.5) is 0 Å². The molecule has 0 aromatic heterocycles. The molecule has 4 rings (SSSR count). The highest BCUT2D eigenvalue weighted by molar-refractivity contribution is 5.84. The minimum Gasteiger partial charge on any atom is -0.480 e. The van der Waals surface area contributed by atoms with E-state index in [-0.39, 0.29) is 6.61 Å². The summed E-state index contributed by atoms with van der Waals surface area (Å²) in [6.45, 7) is 3.49. The number of nitrogens with one attached hydrogen (secondary N) is 1. The van der Waals surface area contributed by atoms with E-state index in [0.29, 0.717) is 6.42 Å². The second kappa shape index (κ2) is 8.27. The highest BCUT2D eigenvalue weighted by Gasteiger charge is 2.47. The molecule has 1 aliphatic rings. The number of carboxylic acids is 1. The fraction of sp³-hybridized carbons (Fsp3) is 0.192. The van der Waals surface area contributed by atoms with Crippen LogP contribution in [0.3, 0.4) is 0 Å². The third-order valence-corrected chi connectivity index (χ3v) is 5.97. The summed E-state index contributed by atoms with van der Waals surface area (Å²) in [7, 11) is 0. The average molecular weight is 399 g/mol. The second-order valence-electron chi connectivity index (χ2n) is 7.63. The molecule has 1 aliphatic carbocycles. The molecule has 0 saturated carbocycles. The van der Waals surface area contributed by atoms with Gasteiger partial charge in [-0.1, -0.05) is 84.9 Å². The number of rotatable bonds is 8. The molecule has 3 N–H and O–H groups in total. The summed E-state index contributed by atoms with van der Waals surface area (Å²) >= 11 is 0. The van der Waals surface area contributed by atoms with E-state index < -0.39 is 23.5 Å². The zero-order valence-electron chi connectivity index (χ0n) is 16.7. The molecule has 0 aliphatic heterocycles. The van der Waals surface area contributed by atoms with Crippen molar-refractivity contribution >= 4 is 5.97 Å². The molecule has 0 radical (unpaired) electrons. The summed E-state index contributed by atoms with van der Waals surface area (Å²) < 4.78 is 0. The topological polar surface area (TPSA) is 69.6 Å². The normalized spacial score (nSPS) is 15.6. The number of hydrogen-bond acceptors (Lipinski definition) is 3. The van der Waals surface area contributed by atoms with Crippen LogP contribution in [0.1, 0.15) is 23.1 Å². The first-order chi connectivity index (χ1) is 14.6. The molecule has 0 amide bonds. The monoisotopic (exact) mass is 399 g/mol. The van der Waals surface area contributed by atoms with Gasteiger partial charge < -0.3 is 10.2 Å². The van der Waals surface area contributed by atoms with E-state index in [1.165, 1.54) is 0 Å². The van der Waals surface area contributed by atoms with Crippen LogP contribution in [0, 0.1) is 5.92 Å². The standard InChI is InChI=1S/C26H25NO3/c1-2-10-18(17-28)24(25(29)30)27-26(19-11-4-3-5-12-19)22-15-8-6-13-20(22)21-14-7-9-16-23(21)26/h2-9,11-16,18,24,27-28H,1,10,17H2,(H,29,30). The molecule has 0 heterocycles. The number of fused-ring (bicyclic) bond motifs is 3. The zero-order chi connectivity index (χ0) is 21.1. The largest absolute Gasteiger partial charge is 0.480 e. The van der Waals surface area contributed by atoms with Crippen molar-refractivity contribution in [1.29, 1.82) is 0 Å². The lowest BCUT2D eigenvalue weighted by molar-refractivity contribution is -0.142. The summed E-state index contributed by atoms with van der Waals surface area (Å²) in [5.74, 6) is -1.49. The summed E-state index contributed by atoms with van der Waals surface area (Å²) in [6, 6.07) is 25.2. The minimum atomic E-state index is -0.993. The van der Waals surface area contributed by atoms with Crippen LogP contribution >= 0.6 is 0 Å². The Hall–Kier alpha value is -3.21. The smallest absolute Gasteiger partial charge is 0.321 e. The molecule has 152 valence electrons. The zero-order valence-corrected chi connectivity index (χ0v) is 16.7. The van der Waals surface area contributed by atoms with Crippen LogP contribution in [-0.4, -0.2) is 28.8 Å². The first-order valence-corrected chi connectivity index (χ1v) is 10.1. The number of aliphatic hydroxyl groups is 1. The van der Waals surface area contributed by atoms with Crippen molar-refractivity contribution in [2.45, 2.75) is 18.0 Å². The highest BCUT2D eigenvalue weighted by Crippen LogP contribution is 2.51. The SMILES string of the molecule is C=CCC(CO)C(NC1(c2ccccc2)c2ccccc2-c2ccccc21)C(=O)O. The van der Waals surface area contributed by atoms with E-state index in [0.717, 1.165) is 27.8 Å². The number of carboxylic acid groups (broad SMARTS) is 1. The van der Waals surface area contributed by atoms with Crippen LogP contribution < -0.4 is 5.32 Å². The highest BCUT2D eigenvalue weighted by atomic mass is 16.4. The maximum absolute atomic E-state index is 12.4. The fourth-order valence-corrected chi connectivity index (χ4v) is 4.62. The number of benzene rings is 3. The quantitative estimate of drug-likeness (QED) is 0.497. The molecule has 2 atom stereocenters. The number of aliphatic hydroxyl groups excluding tert-OH is 1. The Labute approximate surface area is 176 Å². The maximum Gasteiger partial charge on any atom is 0.321 e. The van der Waals surface area contributed by atoms with Gasteiger partial charge in [0.25, 0.3) is 0 Å². The van der Waals surface area contributed by atoms with Crippen molar-refractivity contribution < 1.29 is 15.0 Å². The number of carbonyl (C=O) groups is 1. The first kappa shape index (κ1) is 20.1. The molecule has 0 fully saturated rings. The molecule has 4 heteroatoms. The first-order valence-electron chi connectivity index (χ1n) is 10.1. The van der Waals surface area contributed by atoms with Crippen molar-refractivity contribution in [3.8, 4) is 11.1 Å². The van der Waals surface area contributed by atoms with E-state index in [1.807, 2.05) is 54.6 Å². The third-order valence-electron chi connectivity index (χ3n) is 5.97. The van der Waals surface area contributed by atoms with Crippen molar-refractivity contribution in [3.63, 3.8) is 0 Å². The van der Waals surface area contributed by atoms with Gasteiger partial charge in [-0.15, -0.1) is 6.58 Å². The molecular formula is C26H25NO3. The molecule has 0 spiro atoms. The Morgan fingerprint density at radius 2 is 1.47 bits per heavy atom. The van der Waals surface area contributed by atoms with Gasteiger partial charge in [-0.3, -0.25) is 10.1 Å². The van der Waals surface area contributed by atoms with Gasteiger partial charge in [0.1, 0.15) is 6.04 Å². The van der Waals surface area contributed by atoms with E-state index in [2.05, 4.69) is 36.2 Å². The predicted molar refractivity (Wildman–Crippen MR) is 118 cm³/mol. The number of aliphatic carboxylic acids is 1. The fourth-order valence-electron chi connectivity index (χ4n) is 4.62. The molecular weight excluding hydrogens is 374 g/mol. The van der Waals surface area contributed by atoms with E-state index >= 15 is 0 Å². The van der Waals surface area contributed by atoms with E-state index in [4.69, 9.17) is 0 Å². The maximum atomic E-state index is 12.4. The lowest BCUT2D eigenvalue weighted by Crippen LogP contribution is -2.55. The van der Waals surface area contributed by atoms with Gasteiger partial charge in [-0.25, -0.2) is 0 Å². The lowest BCUT2D eigenvalue weighted by atomic mass is 9.79. The van der Waals surface area contributed by atoms with Crippen LogP contribution in [0.15, 0.2) is 91.5 Å². The van der Waals surface area contributed by atoms with Crippen LogP contribution in [0.2, 0.25) is 0 Å². The number of allylic oxidation sites excluding steroid dienone is 1. The predicted octanol–water partition coefficient (Wildman–Crippen LogP) is 4.19. The minimum absolute atomic E-state index is 0.246. The van der Waals surface area contributed by atoms with Gasteiger partial charge in [-0.2, -0.15) is 0 Å². The Morgan fingerprint density at radius 1 is 0.933 bits per heavy atom.